The third-order valence-electron chi connectivity index (χ3n) is 3.63. The average molecular weight is 249 g/mol. The number of hydrogen-bond acceptors (Lipinski definition) is 4. The minimum Gasteiger partial charge on any atom is -0.481 e. The van der Waals surface area contributed by atoms with Gasteiger partial charge in [-0.1, -0.05) is 13.8 Å². The van der Waals surface area contributed by atoms with Crippen molar-refractivity contribution in [2.24, 2.45) is 5.92 Å². The van der Waals surface area contributed by atoms with Crippen LogP contribution in [0, 0.1) is 5.92 Å². The summed E-state index contributed by atoms with van der Waals surface area (Å²) in [6, 6.07) is 1.95. The Morgan fingerprint density at radius 2 is 2.22 bits per heavy atom. The van der Waals surface area contributed by atoms with Gasteiger partial charge in [0.1, 0.15) is 12.1 Å². The number of aromatic nitrogens is 2. The molecule has 0 spiro atoms. The molecular weight excluding hydrogens is 230 g/mol. The van der Waals surface area contributed by atoms with Crippen molar-refractivity contribution in [3.05, 3.63) is 18.1 Å². The van der Waals surface area contributed by atoms with Gasteiger partial charge in [-0.05, 0) is 19.3 Å². The van der Waals surface area contributed by atoms with Crippen molar-refractivity contribution in [3.8, 4) is 0 Å². The summed E-state index contributed by atoms with van der Waals surface area (Å²) in [6.45, 7) is 6.86. The fourth-order valence-corrected chi connectivity index (χ4v) is 2.43. The molecule has 0 radical (unpaired) electrons. The molecule has 1 aliphatic rings. The van der Waals surface area contributed by atoms with E-state index < -0.39 is 5.97 Å². The molecule has 0 bridgehead atoms. The molecule has 1 aromatic heterocycles. The molecular formula is C13H19N3O2. The van der Waals surface area contributed by atoms with Crippen LogP contribution in [0.25, 0.3) is 0 Å². The van der Waals surface area contributed by atoms with Crippen molar-refractivity contribution < 1.29 is 9.90 Å². The van der Waals surface area contributed by atoms with E-state index >= 15 is 0 Å². The summed E-state index contributed by atoms with van der Waals surface area (Å²) in [4.78, 5) is 21.7. The van der Waals surface area contributed by atoms with Crippen LogP contribution in [0.15, 0.2) is 12.4 Å². The lowest BCUT2D eigenvalue weighted by Gasteiger charge is -2.24. The van der Waals surface area contributed by atoms with Crippen molar-refractivity contribution in [2.75, 3.05) is 11.4 Å². The number of aliphatic carboxylic acids is 1. The minimum atomic E-state index is -0.719. The Morgan fingerprint density at radius 1 is 1.50 bits per heavy atom. The van der Waals surface area contributed by atoms with Crippen molar-refractivity contribution in [3.63, 3.8) is 0 Å². The van der Waals surface area contributed by atoms with Gasteiger partial charge in [-0.15, -0.1) is 0 Å². The number of rotatable bonds is 3. The van der Waals surface area contributed by atoms with Gasteiger partial charge in [-0.3, -0.25) is 4.79 Å². The summed E-state index contributed by atoms with van der Waals surface area (Å²) in [5.74, 6) is 0.162. The van der Waals surface area contributed by atoms with Gasteiger partial charge < -0.3 is 10.0 Å². The smallest absolute Gasteiger partial charge is 0.308 e. The highest BCUT2D eigenvalue weighted by molar-refractivity contribution is 5.72. The maximum atomic E-state index is 11.1. The van der Waals surface area contributed by atoms with Gasteiger partial charge in [-0.25, -0.2) is 9.97 Å². The molecule has 5 nitrogen and oxygen atoms in total. The normalized spacial score (nSPS) is 23.7. The second-order valence-corrected chi connectivity index (χ2v) is 5.12. The average Bonchev–Trinajstić information content (AvgIpc) is 2.71. The minimum absolute atomic E-state index is 0.0163. The van der Waals surface area contributed by atoms with E-state index in [1.807, 2.05) is 13.0 Å². The number of carboxylic acids is 1. The van der Waals surface area contributed by atoms with Gasteiger partial charge in [0.2, 0.25) is 0 Å². The maximum Gasteiger partial charge on any atom is 0.308 e. The molecule has 18 heavy (non-hydrogen) atoms. The predicted octanol–water partition coefficient (Wildman–Crippen LogP) is 1.90. The molecule has 1 aliphatic heterocycles. The van der Waals surface area contributed by atoms with E-state index in [1.165, 1.54) is 0 Å². The Kier molecular flexibility index (Phi) is 3.50. The lowest BCUT2D eigenvalue weighted by molar-refractivity contribution is -0.141. The summed E-state index contributed by atoms with van der Waals surface area (Å²) >= 11 is 0. The van der Waals surface area contributed by atoms with Crippen molar-refractivity contribution in [1.82, 2.24) is 9.97 Å². The van der Waals surface area contributed by atoms with Gasteiger partial charge in [0.15, 0.2) is 0 Å². The first-order valence-corrected chi connectivity index (χ1v) is 6.32. The molecule has 0 aliphatic carbocycles. The van der Waals surface area contributed by atoms with Crippen LogP contribution in [-0.2, 0) is 4.79 Å². The van der Waals surface area contributed by atoms with E-state index in [9.17, 15) is 4.79 Å². The van der Waals surface area contributed by atoms with Crippen LogP contribution < -0.4 is 4.90 Å². The maximum absolute atomic E-state index is 11.1. The molecule has 0 amide bonds. The summed E-state index contributed by atoms with van der Waals surface area (Å²) in [5.41, 5.74) is 0.992. The third kappa shape index (κ3) is 2.30. The Morgan fingerprint density at radius 3 is 2.78 bits per heavy atom. The third-order valence-corrected chi connectivity index (χ3v) is 3.63. The topological polar surface area (TPSA) is 66.3 Å². The van der Waals surface area contributed by atoms with Gasteiger partial charge in [0.05, 0.1) is 5.92 Å². The molecule has 1 saturated heterocycles. The highest BCUT2D eigenvalue weighted by Crippen LogP contribution is 2.29. The number of hydrogen-bond donors (Lipinski definition) is 1. The Balaban J connectivity index is 2.22. The van der Waals surface area contributed by atoms with Gasteiger partial charge in [-0.2, -0.15) is 0 Å². The zero-order valence-corrected chi connectivity index (χ0v) is 11.0. The first kappa shape index (κ1) is 12.8. The highest BCUT2D eigenvalue weighted by Gasteiger charge is 2.36. The predicted molar refractivity (Wildman–Crippen MR) is 68.7 cm³/mol. The monoisotopic (exact) mass is 249 g/mol. The Bertz CT molecular complexity index is 448. The summed E-state index contributed by atoms with van der Waals surface area (Å²) in [7, 11) is 0. The van der Waals surface area contributed by atoms with Crippen LogP contribution in [0.4, 0.5) is 5.82 Å². The Hall–Kier alpha value is -1.65. The van der Waals surface area contributed by atoms with E-state index in [2.05, 4.69) is 28.7 Å². The van der Waals surface area contributed by atoms with Crippen LogP contribution in [0.1, 0.15) is 38.8 Å². The number of anilines is 1. The van der Waals surface area contributed by atoms with E-state index in [0.29, 0.717) is 12.3 Å². The number of carbonyl (C=O) groups is 1. The second kappa shape index (κ2) is 4.92. The molecule has 98 valence electrons. The SMILES string of the molecule is CC(C)c1cc(N2CCC(C(=O)O)C2C)ncn1. The van der Waals surface area contributed by atoms with Gasteiger partial charge in [0.25, 0.3) is 0 Å². The summed E-state index contributed by atoms with van der Waals surface area (Å²) in [5, 5.41) is 9.13. The second-order valence-electron chi connectivity index (χ2n) is 5.12. The first-order chi connectivity index (χ1) is 8.50. The zero-order chi connectivity index (χ0) is 13.3. The fourth-order valence-electron chi connectivity index (χ4n) is 2.43. The lowest BCUT2D eigenvalue weighted by Crippen LogP contribution is -2.33. The largest absolute Gasteiger partial charge is 0.481 e. The van der Waals surface area contributed by atoms with Crippen molar-refractivity contribution in [2.45, 2.75) is 39.2 Å². The van der Waals surface area contributed by atoms with Crippen LogP contribution in [-0.4, -0.2) is 33.6 Å². The van der Waals surface area contributed by atoms with Crippen LogP contribution >= 0.6 is 0 Å². The quantitative estimate of drug-likeness (QED) is 0.886. The van der Waals surface area contributed by atoms with Gasteiger partial charge in [0, 0.05) is 24.3 Å². The van der Waals surface area contributed by atoms with E-state index in [4.69, 9.17) is 5.11 Å². The number of carboxylic acid groups (broad SMARTS) is 1. The molecule has 0 aromatic carbocycles. The summed E-state index contributed by atoms with van der Waals surface area (Å²) < 4.78 is 0. The van der Waals surface area contributed by atoms with Crippen molar-refractivity contribution in [1.29, 1.82) is 0 Å². The Labute approximate surface area is 107 Å². The molecule has 2 atom stereocenters. The van der Waals surface area contributed by atoms with Crippen LogP contribution in [0.2, 0.25) is 0 Å². The highest BCUT2D eigenvalue weighted by atomic mass is 16.4. The zero-order valence-electron chi connectivity index (χ0n) is 11.0. The molecule has 2 rings (SSSR count). The van der Waals surface area contributed by atoms with Crippen LogP contribution in [0.5, 0.6) is 0 Å². The van der Waals surface area contributed by atoms with Gasteiger partial charge >= 0.3 is 5.97 Å². The lowest BCUT2D eigenvalue weighted by atomic mass is 10.0. The van der Waals surface area contributed by atoms with E-state index in [-0.39, 0.29) is 12.0 Å². The molecule has 1 fully saturated rings. The molecule has 2 heterocycles. The molecule has 0 saturated carbocycles. The summed E-state index contributed by atoms with van der Waals surface area (Å²) in [6.07, 6.45) is 2.24. The van der Waals surface area contributed by atoms with Crippen molar-refractivity contribution >= 4 is 11.8 Å². The first-order valence-electron chi connectivity index (χ1n) is 6.32. The molecule has 5 heteroatoms. The molecule has 2 unspecified atom stereocenters. The molecule has 1 aromatic rings. The standard InChI is InChI=1S/C13H19N3O2/c1-8(2)11-6-12(15-7-14-11)16-5-4-10(9(16)3)13(17)18/h6-10H,4-5H2,1-3H3,(H,17,18). The molecule has 1 N–H and O–H groups in total. The van der Waals surface area contributed by atoms with E-state index in [1.54, 1.807) is 6.33 Å². The van der Waals surface area contributed by atoms with E-state index in [0.717, 1.165) is 18.1 Å². The fraction of sp³-hybridized carbons (Fsp3) is 0.615. The van der Waals surface area contributed by atoms with Crippen LogP contribution in [0.3, 0.4) is 0 Å². The number of nitrogens with zero attached hydrogens (tertiary/aromatic N) is 3.